The Morgan fingerprint density at radius 1 is 0.727 bits per heavy atom. The molecule has 5 aromatic rings. The summed E-state index contributed by atoms with van der Waals surface area (Å²) in [6.07, 6.45) is 5.66. The molecule has 0 radical (unpaired) electrons. The Kier molecular flexibility index (Phi) is 6.71. The molecule has 0 saturated carbocycles. The normalized spacial score (nSPS) is 11.2. The lowest BCUT2D eigenvalue weighted by atomic mass is 10.0. The topological polar surface area (TPSA) is 4.93 Å². The lowest BCUT2D eigenvalue weighted by molar-refractivity contribution is 1.17. The first kappa shape index (κ1) is 22.1. The average Bonchev–Trinajstić information content (AvgIpc) is 3.19. The Bertz CT molecular complexity index is 1450. The highest BCUT2D eigenvalue weighted by Gasteiger charge is 2.13. The number of allylic oxidation sites excluding steroid dienone is 4. The number of aromatic nitrogens is 1. The van der Waals surface area contributed by atoms with E-state index in [2.05, 4.69) is 110 Å². The minimum Gasteiger partial charge on any atom is -0.309 e. The number of nitrogens with zero attached hydrogens (tertiary/aromatic N) is 1. The van der Waals surface area contributed by atoms with Crippen molar-refractivity contribution in [3.63, 3.8) is 0 Å². The molecule has 5 rings (SSSR count). The molecular weight excluding hydrogens is 398 g/mol. The Balaban J connectivity index is 0.000000318. The second-order valence-corrected chi connectivity index (χ2v) is 8.09. The first-order valence-electron chi connectivity index (χ1n) is 11.2. The van der Waals surface area contributed by atoms with Gasteiger partial charge in [-0.1, -0.05) is 116 Å². The van der Waals surface area contributed by atoms with Crippen LogP contribution in [0.25, 0.3) is 33.1 Å². The summed E-state index contributed by atoms with van der Waals surface area (Å²) in [7, 11) is 0. The first-order chi connectivity index (χ1) is 16.1. The van der Waals surface area contributed by atoms with Gasteiger partial charge in [0.25, 0.3) is 0 Å². The summed E-state index contributed by atoms with van der Waals surface area (Å²) < 4.78 is 2.36. The van der Waals surface area contributed by atoms with Gasteiger partial charge >= 0.3 is 0 Å². The number of hydrogen-bond acceptors (Lipinski definition) is 0. The van der Waals surface area contributed by atoms with Crippen molar-refractivity contribution >= 4 is 27.4 Å². The van der Waals surface area contributed by atoms with Crippen LogP contribution in [0.5, 0.6) is 0 Å². The Labute approximate surface area is 196 Å². The van der Waals surface area contributed by atoms with Gasteiger partial charge in [0.1, 0.15) is 0 Å². The molecule has 0 unspecified atom stereocenters. The van der Waals surface area contributed by atoms with Crippen LogP contribution in [0.4, 0.5) is 0 Å². The fraction of sp³-hybridized carbons (Fsp3) is 0.0625. The third-order valence-electron chi connectivity index (χ3n) is 5.79. The summed E-state index contributed by atoms with van der Waals surface area (Å²) in [6.45, 7) is 12.0. The molecule has 162 valence electrons. The second-order valence-electron chi connectivity index (χ2n) is 8.09. The van der Waals surface area contributed by atoms with E-state index < -0.39 is 0 Å². The third kappa shape index (κ3) is 4.58. The number of hydrogen-bond donors (Lipinski definition) is 0. The number of fused-ring (bicyclic) bond motifs is 3. The van der Waals surface area contributed by atoms with Gasteiger partial charge < -0.3 is 4.57 Å². The lowest BCUT2D eigenvalue weighted by Gasteiger charge is -2.11. The van der Waals surface area contributed by atoms with Gasteiger partial charge in [0.05, 0.1) is 11.0 Å². The Morgan fingerprint density at radius 3 is 2.12 bits per heavy atom. The molecule has 0 aliphatic heterocycles. The summed E-state index contributed by atoms with van der Waals surface area (Å²) >= 11 is 0. The maximum Gasteiger partial charge on any atom is 0.0570 e. The molecule has 0 N–H and O–H groups in total. The van der Waals surface area contributed by atoms with Gasteiger partial charge in [-0.2, -0.15) is 0 Å². The maximum absolute atomic E-state index is 3.94. The van der Waals surface area contributed by atoms with E-state index in [1.165, 1.54) is 32.9 Å². The van der Waals surface area contributed by atoms with Crippen molar-refractivity contribution in [1.29, 1.82) is 0 Å². The van der Waals surface area contributed by atoms with E-state index in [9.17, 15) is 0 Å². The van der Waals surface area contributed by atoms with E-state index in [0.717, 1.165) is 16.8 Å². The van der Waals surface area contributed by atoms with Gasteiger partial charge in [0.15, 0.2) is 0 Å². The summed E-state index contributed by atoms with van der Waals surface area (Å²) in [5.74, 6) is 0. The van der Waals surface area contributed by atoms with Crippen LogP contribution in [0.2, 0.25) is 0 Å². The van der Waals surface area contributed by atoms with Gasteiger partial charge in [-0.25, -0.2) is 0 Å². The molecule has 0 bridgehead atoms. The molecule has 4 aromatic carbocycles. The van der Waals surface area contributed by atoms with Crippen molar-refractivity contribution in [3.05, 3.63) is 145 Å². The zero-order valence-electron chi connectivity index (χ0n) is 19.3. The van der Waals surface area contributed by atoms with E-state index in [1.54, 1.807) is 6.08 Å². The number of rotatable bonds is 4. The van der Waals surface area contributed by atoms with Crippen molar-refractivity contribution in [2.24, 2.45) is 0 Å². The Morgan fingerprint density at radius 2 is 1.42 bits per heavy atom. The van der Waals surface area contributed by atoms with Crippen LogP contribution >= 0.6 is 0 Å². The third-order valence-corrected chi connectivity index (χ3v) is 5.79. The smallest absolute Gasteiger partial charge is 0.0570 e. The quantitative estimate of drug-likeness (QED) is 0.252. The van der Waals surface area contributed by atoms with E-state index in [-0.39, 0.29) is 0 Å². The molecule has 0 atom stereocenters. The zero-order valence-corrected chi connectivity index (χ0v) is 19.3. The highest BCUT2D eigenvalue weighted by molar-refractivity contribution is 6.10. The van der Waals surface area contributed by atoms with Crippen LogP contribution in [0.3, 0.4) is 0 Å². The molecule has 1 heterocycles. The first-order valence-corrected chi connectivity index (χ1v) is 11.2. The molecule has 0 saturated heterocycles. The van der Waals surface area contributed by atoms with Crippen molar-refractivity contribution in [2.75, 3.05) is 0 Å². The molecule has 0 amide bonds. The number of benzene rings is 4. The molecule has 33 heavy (non-hydrogen) atoms. The van der Waals surface area contributed by atoms with Gasteiger partial charge in [-0.05, 0) is 48.7 Å². The van der Waals surface area contributed by atoms with E-state index in [1.807, 2.05) is 30.4 Å². The molecule has 0 spiro atoms. The Hall–Kier alpha value is -4.10. The maximum atomic E-state index is 3.94. The van der Waals surface area contributed by atoms with E-state index in [4.69, 9.17) is 0 Å². The molecular formula is C32H29N. The number of aryl methyl sites for hydroxylation is 2. The summed E-state index contributed by atoms with van der Waals surface area (Å²) in [4.78, 5) is 0. The fourth-order valence-corrected chi connectivity index (χ4v) is 4.23. The van der Waals surface area contributed by atoms with Crippen LogP contribution in [0.1, 0.15) is 16.7 Å². The van der Waals surface area contributed by atoms with E-state index in [0.29, 0.717) is 0 Å². The second kappa shape index (κ2) is 10.0. The summed E-state index contributed by atoms with van der Waals surface area (Å²) in [5, 5.41) is 2.57. The minimum absolute atomic E-state index is 1.07. The van der Waals surface area contributed by atoms with Gasteiger partial charge in [0, 0.05) is 16.5 Å². The molecule has 1 nitrogen and oxygen atoms in total. The SMILES string of the molecule is C=C/C=C(\C=C)c1cccc(-n2c3ccccc3c3cccc(C)c32)c1.Cc1ccccc1. The van der Waals surface area contributed by atoms with Crippen LogP contribution in [0.15, 0.2) is 128 Å². The fourth-order valence-electron chi connectivity index (χ4n) is 4.23. The van der Waals surface area contributed by atoms with Gasteiger partial charge in [-0.3, -0.25) is 0 Å². The van der Waals surface area contributed by atoms with Crippen LogP contribution in [-0.4, -0.2) is 4.57 Å². The highest BCUT2D eigenvalue weighted by Crippen LogP contribution is 2.34. The predicted molar refractivity (Wildman–Crippen MR) is 145 cm³/mol. The van der Waals surface area contributed by atoms with Gasteiger partial charge in [0.2, 0.25) is 0 Å². The van der Waals surface area contributed by atoms with Crippen LogP contribution < -0.4 is 0 Å². The largest absolute Gasteiger partial charge is 0.309 e. The molecule has 1 heteroatoms. The lowest BCUT2D eigenvalue weighted by Crippen LogP contribution is -1.96. The van der Waals surface area contributed by atoms with Crippen LogP contribution in [-0.2, 0) is 0 Å². The summed E-state index contributed by atoms with van der Waals surface area (Å²) in [6, 6.07) is 34.0. The van der Waals surface area contributed by atoms with Gasteiger partial charge in [-0.15, -0.1) is 0 Å². The van der Waals surface area contributed by atoms with E-state index >= 15 is 0 Å². The van der Waals surface area contributed by atoms with Crippen molar-refractivity contribution in [3.8, 4) is 5.69 Å². The molecule has 0 aliphatic rings. The van der Waals surface area contributed by atoms with Crippen molar-refractivity contribution < 1.29 is 0 Å². The predicted octanol–water partition coefficient (Wildman–Crippen LogP) is 8.84. The zero-order chi connectivity index (χ0) is 23.2. The van der Waals surface area contributed by atoms with Crippen LogP contribution in [0, 0.1) is 13.8 Å². The standard InChI is InChI=1S/C25H21N.C7H8/c1-4-10-19(5-2)20-12-9-13-21(17-20)26-24-16-7-6-14-22(24)23-15-8-11-18(3)25(23)26;1-7-5-3-2-4-6-7/h4-17H,1-2H2,3H3;2-6H,1H3/b19-10+;. The van der Waals surface area contributed by atoms with Crippen molar-refractivity contribution in [1.82, 2.24) is 4.57 Å². The highest BCUT2D eigenvalue weighted by atomic mass is 15.0. The minimum atomic E-state index is 1.07. The average molecular weight is 428 g/mol. The monoisotopic (exact) mass is 427 g/mol. The molecule has 1 aromatic heterocycles. The van der Waals surface area contributed by atoms with Crippen molar-refractivity contribution in [2.45, 2.75) is 13.8 Å². The molecule has 0 fully saturated rings. The number of para-hydroxylation sites is 2. The molecule has 0 aliphatic carbocycles. The summed E-state index contributed by atoms with van der Waals surface area (Å²) in [5.41, 5.74) is 8.44.